The molecule has 1 fully saturated rings. The van der Waals surface area contributed by atoms with Gasteiger partial charge in [-0.3, -0.25) is 14.4 Å². The van der Waals surface area contributed by atoms with Crippen molar-refractivity contribution >= 4 is 39.5 Å². The molecule has 1 saturated heterocycles. The maximum atomic E-state index is 11.9. The minimum Gasteiger partial charge on any atom is -0.345 e. The fourth-order valence-electron chi connectivity index (χ4n) is 2.21. The first-order chi connectivity index (χ1) is 10.5. The summed E-state index contributed by atoms with van der Waals surface area (Å²) in [5.74, 6) is -1.09. The Labute approximate surface area is 136 Å². The highest BCUT2D eigenvalue weighted by Crippen LogP contribution is 2.11. The molecule has 3 amide bonds. The van der Waals surface area contributed by atoms with E-state index >= 15 is 0 Å². The molecule has 0 aromatic carbocycles. The number of likely N-dealkylation sites (tertiary alicyclic amines) is 1. The van der Waals surface area contributed by atoms with Crippen LogP contribution in [0.4, 0.5) is 5.82 Å². The number of hydrogen-bond donors (Lipinski definition) is 2. The molecule has 0 spiro atoms. The Morgan fingerprint density at radius 3 is 2.45 bits per heavy atom. The van der Waals surface area contributed by atoms with Gasteiger partial charge in [0.1, 0.15) is 5.82 Å². The second-order valence-electron chi connectivity index (χ2n) is 5.07. The van der Waals surface area contributed by atoms with Crippen LogP contribution < -0.4 is 10.6 Å². The normalized spacial score (nSPS) is 15.3. The van der Waals surface area contributed by atoms with Crippen molar-refractivity contribution in [2.24, 2.45) is 0 Å². The van der Waals surface area contributed by atoms with Crippen LogP contribution in [0.2, 0.25) is 0 Å². The topological polar surface area (TPSA) is 91.4 Å². The molecule has 1 aliphatic heterocycles. The number of nitrogens with one attached hydrogen (secondary N) is 2. The van der Waals surface area contributed by atoms with Gasteiger partial charge in [-0.2, -0.15) is 0 Å². The highest BCUT2D eigenvalue weighted by atomic mass is 79.9. The molecule has 0 radical (unpaired) electrons. The molecule has 0 aliphatic carbocycles. The summed E-state index contributed by atoms with van der Waals surface area (Å²) in [5.41, 5.74) is 0. The number of piperidine rings is 1. The van der Waals surface area contributed by atoms with Crippen LogP contribution in [0.5, 0.6) is 0 Å². The Balaban J connectivity index is 1.81. The van der Waals surface area contributed by atoms with Gasteiger partial charge >= 0.3 is 11.8 Å². The van der Waals surface area contributed by atoms with E-state index in [-0.39, 0.29) is 11.9 Å². The molecule has 2 heterocycles. The molecule has 22 heavy (non-hydrogen) atoms. The van der Waals surface area contributed by atoms with Gasteiger partial charge < -0.3 is 15.5 Å². The standard InChI is InChI=1S/C14H17BrN4O3/c1-9(20)19-6-4-11(5-7-19)17-13(21)14(22)18-12-3-2-10(15)8-16-12/h2-3,8,11H,4-7H2,1H3,(H,17,21)(H,16,18,22). The Morgan fingerprint density at radius 2 is 1.91 bits per heavy atom. The van der Waals surface area contributed by atoms with Crippen LogP contribution in [0.1, 0.15) is 19.8 Å². The van der Waals surface area contributed by atoms with Crippen molar-refractivity contribution in [2.45, 2.75) is 25.8 Å². The highest BCUT2D eigenvalue weighted by Gasteiger charge is 2.24. The number of anilines is 1. The summed E-state index contributed by atoms with van der Waals surface area (Å²) in [7, 11) is 0. The van der Waals surface area contributed by atoms with E-state index in [9.17, 15) is 14.4 Å². The van der Waals surface area contributed by atoms with E-state index in [0.717, 1.165) is 4.47 Å². The lowest BCUT2D eigenvalue weighted by molar-refractivity contribution is -0.137. The monoisotopic (exact) mass is 368 g/mol. The summed E-state index contributed by atoms with van der Waals surface area (Å²) in [6.45, 7) is 2.71. The van der Waals surface area contributed by atoms with Crippen molar-refractivity contribution in [3.8, 4) is 0 Å². The van der Waals surface area contributed by atoms with Crippen LogP contribution in [-0.2, 0) is 14.4 Å². The molecular weight excluding hydrogens is 352 g/mol. The Hall–Kier alpha value is -1.96. The summed E-state index contributed by atoms with van der Waals surface area (Å²) < 4.78 is 0.784. The molecule has 2 rings (SSSR count). The van der Waals surface area contributed by atoms with Gasteiger partial charge in [0.2, 0.25) is 5.91 Å². The van der Waals surface area contributed by atoms with Crippen molar-refractivity contribution in [3.05, 3.63) is 22.8 Å². The SMILES string of the molecule is CC(=O)N1CCC(NC(=O)C(=O)Nc2ccc(Br)cn2)CC1. The van der Waals surface area contributed by atoms with Gasteiger partial charge in [-0.1, -0.05) is 0 Å². The van der Waals surface area contributed by atoms with Crippen LogP contribution in [0.25, 0.3) is 0 Å². The molecular formula is C14H17BrN4O3. The van der Waals surface area contributed by atoms with Crippen molar-refractivity contribution in [3.63, 3.8) is 0 Å². The van der Waals surface area contributed by atoms with E-state index < -0.39 is 11.8 Å². The lowest BCUT2D eigenvalue weighted by Crippen LogP contribution is -2.48. The third-order valence-electron chi connectivity index (χ3n) is 3.45. The first-order valence-electron chi connectivity index (χ1n) is 6.94. The van der Waals surface area contributed by atoms with E-state index in [1.807, 2.05) is 0 Å². The summed E-state index contributed by atoms with van der Waals surface area (Å²) >= 11 is 3.24. The van der Waals surface area contributed by atoms with Gasteiger partial charge in [0.15, 0.2) is 0 Å². The van der Waals surface area contributed by atoms with Gasteiger partial charge in [-0.05, 0) is 40.9 Å². The maximum absolute atomic E-state index is 11.9. The second kappa shape index (κ2) is 7.35. The van der Waals surface area contributed by atoms with Gasteiger partial charge in [-0.25, -0.2) is 4.98 Å². The zero-order valence-corrected chi connectivity index (χ0v) is 13.7. The first kappa shape index (κ1) is 16.4. The second-order valence-corrected chi connectivity index (χ2v) is 5.99. The largest absolute Gasteiger partial charge is 0.345 e. The molecule has 0 unspecified atom stereocenters. The van der Waals surface area contributed by atoms with Gasteiger partial charge in [0, 0.05) is 36.7 Å². The molecule has 8 heteroatoms. The Kier molecular flexibility index (Phi) is 5.48. The van der Waals surface area contributed by atoms with Crippen LogP contribution >= 0.6 is 15.9 Å². The molecule has 7 nitrogen and oxygen atoms in total. The summed E-state index contributed by atoms with van der Waals surface area (Å²) in [5, 5.41) is 5.12. The lowest BCUT2D eigenvalue weighted by atomic mass is 10.1. The van der Waals surface area contributed by atoms with Crippen molar-refractivity contribution < 1.29 is 14.4 Å². The van der Waals surface area contributed by atoms with E-state index in [4.69, 9.17) is 0 Å². The minimum absolute atomic E-state index is 0.0313. The fraction of sp³-hybridized carbons (Fsp3) is 0.429. The zero-order chi connectivity index (χ0) is 16.1. The van der Waals surface area contributed by atoms with E-state index in [1.165, 1.54) is 13.1 Å². The average Bonchev–Trinajstić information content (AvgIpc) is 2.50. The third-order valence-corrected chi connectivity index (χ3v) is 3.92. The van der Waals surface area contributed by atoms with E-state index in [1.54, 1.807) is 17.0 Å². The Morgan fingerprint density at radius 1 is 1.23 bits per heavy atom. The average molecular weight is 369 g/mol. The summed E-state index contributed by atoms with van der Waals surface area (Å²) in [6.07, 6.45) is 2.83. The van der Waals surface area contributed by atoms with Crippen molar-refractivity contribution in [1.29, 1.82) is 0 Å². The molecule has 1 aromatic heterocycles. The van der Waals surface area contributed by atoms with Crippen molar-refractivity contribution in [2.75, 3.05) is 18.4 Å². The minimum atomic E-state index is -0.746. The molecule has 0 saturated carbocycles. The highest BCUT2D eigenvalue weighted by molar-refractivity contribution is 9.10. The number of rotatable bonds is 2. The predicted molar refractivity (Wildman–Crippen MR) is 84.0 cm³/mol. The van der Waals surface area contributed by atoms with Crippen molar-refractivity contribution in [1.82, 2.24) is 15.2 Å². The number of amides is 3. The molecule has 118 valence electrons. The molecule has 1 aromatic rings. The first-order valence-corrected chi connectivity index (χ1v) is 7.74. The zero-order valence-electron chi connectivity index (χ0n) is 12.1. The molecule has 0 bridgehead atoms. The molecule has 1 aliphatic rings. The number of carbonyl (C=O) groups excluding carboxylic acids is 3. The number of aromatic nitrogens is 1. The maximum Gasteiger partial charge on any atom is 0.314 e. The Bertz CT molecular complexity index is 568. The number of halogens is 1. The number of nitrogens with zero attached hydrogens (tertiary/aromatic N) is 2. The number of pyridine rings is 1. The van der Waals surface area contributed by atoms with Crippen LogP contribution in [0, 0.1) is 0 Å². The summed E-state index contributed by atoms with van der Waals surface area (Å²) in [6, 6.07) is 3.23. The molecule has 0 atom stereocenters. The smallest absolute Gasteiger partial charge is 0.314 e. The summed E-state index contributed by atoms with van der Waals surface area (Å²) in [4.78, 5) is 40.6. The van der Waals surface area contributed by atoms with Gasteiger partial charge in [-0.15, -0.1) is 0 Å². The van der Waals surface area contributed by atoms with E-state index in [0.29, 0.717) is 31.7 Å². The number of carbonyl (C=O) groups is 3. The quantitative estimate of drug-likeness (QED) is 0.759. The lowest BCUT2D eigenvalue weighted by Gasteiger charge is -2.31. The van der Waals surface area contributed by atoms with Crippen LogP contribution in [0.3, 0.4) is 0 Å². The van der Waals surface area contributed by atoms with E-state index in [2.05, 4.69) is 31.5 Å². The fourth-order valence-corrected chi connectivity index (χ4v) is 2.45. The molecule has 2 N–H and O–H groups in total. The van der Waals surface area contributed by atoms with Crippen LogP contribution in [-0.4, -0.2) is 46.7 Å². The number of hydrogen-bond acceptors (Lipinski definition) is 4. The van der Waals surface area contributed by atoms with Gasteiger partial charge in [0.25, 0.3) is 0 Å². The van der Waals surface area contributed by atoms with Gasteiger partial charge in [0.05, 0.1) is 0 Å². The van der Waals surface area contributed by atoms with Crippen LogP contribution in [0.15, 0.2) is 22.8 Å². The predicted octanol–water partition coefficient (Wildman–Crippen LogP) is 0.910. The third kappa shape index (κ3) is 4.52.